The number of aromatic nitrogens is 2. The summed E-state index contributed by atoms with van der Waals surface area (Å²) in [5, 5.41) is 7.43. The van der Waals surface area contributed by atoms with Crippen molar-refractivity contribution in [3.8, 4) is 0 Å². The van der Waals surface area contributed by atoms with Gasteiger partial charge in [0.05, 0.1) is 5.70 Å². The van der Waals surface area contributed by atoms with Crippen LogP contribution < -0.4 is 5.32 Å². The number of rotatable bonds is 3. The third kappa shape index (κ3) is 1.67. The van der Waals surface area contributed by atoms with E-state index in [2.05, 4.69) is 17.0 Å². The van der Waals surface area contributed by atoms with Gasteiger partial charge in [-0.15, -0.1) is 0 Å². The van der Waals surface area contributed by atoms with Gasteiger partial charge in [-0.05, 0) is 19.4 Å². The van der Waals surface area contributed by atoms with Gasteiger partial charge >= 0.3 is 0 Å². The average molecular weight is 165 g/mol. The Morgan fingerprint density at radius 1 is 1.75 bits per heavy atom. The van der Waals surface area contributed by atoms with E-state index in [-0.39, 0.29) is 0 Å². The van der Waals surface area contributed by atoms with Crippen molar-refractivity contribution in [2.75, 3.05) is 6.54 Å². The molecule has 0 aliphatic carbocycles. The van der Waals surface area contributed by atoms with Gasteiger partial charge in [0.2, 0.25) is 0 Å². The molecule has 0 atom stereocenters. The standard InChI is InChI=1S/C9H15N3/c1-5-10-8(3)9-7(2)6-12(4)11-9/h6,10H,3,5H2,1-2,4H3. The van der Waals surface area contributed by atoms with Gasteiger partial charge in [-0.1, -0.05) is 6.58 Å². The van der Waals surface area contributed by atoms with E-state index in [0.717, 1.165) is 23.5 Å². The average Bonchev–Trinajstić information content (AvgIpc) is 2.30. The van der Waals surface area contributed by atoms with Crippen LogP contribution >= 0.6 is 0 Å². The third-order valence-corrected chi connectivity index (χ3v) is 1.69. The molecule has 0 spiro atoms. The van der Waals surface area contributed by atoms with E-state index in [1.165, 1.54) is 0 Å². The Hall–Kier alpha value is -1.25. The van der Waals surface area contributed by atoms with Crippen molar-refractivity contribution in [3.05, 3.63) is 24.0 Å². The van der Waals surface area contributed by atoms with Crippen molar-refractivity contribution in [1.29, 1.82) is 0 Å². The predicted molar refractivity (Wildman–Crippen MR) is 50.7 cm³/mol. The molecule has 1 aromatic heterocycles. The van der Waals surface area contributed by atoms with E-state index in [0.29, 0.717) is 0 Å². The zero-order valence-electron chi connectivity index (χ0n) is 7.89. The first-order chi connectivity index (χ1) is 5.65. The van der Waals surface area contributed by atoms with Gasteiger partial charge < -0.3 is 5.32 Å². The van der Waals surface area contributed by atoms with Gasteiger partial charge in [0, 0.05) is 19.8 Å². The lowest BCUT2D eigenvalue weighted by molar-refractivity contribution is 0.759. The molecule has 1 rings (SSSR count). The van der Waals surface area contributed by atoms with Crippen molar-refractivity contribution >= 4 is 5.70 Å². The molecular weight excluding hydrogens is 150 g/mol. The number of nitrogens with one attached hydrogen (secondary N) is 1. The van der Waals surface area contributed by atoms with Crippen molar-refractivity contribution < 1.29 is 0 Å². The summed E-state index contributed by atoms with van der Waals surface area (Å²) < 4.78 is 1.80. The van der Waals surface area contributed by atoms with Crippen molar-refractivity contribution in [1.82, 2.24) is 15.1 Å². The minimum absolute atomic E-state index is 0.884. The highest BCUT2D eigenvalue weighted by Crippen LogP contribution is 2.11. The summed E-state index contributed by atoms with van der Waals surface area (Å²) in [6, 6.07) is 0. The molecule has 1 aromatic rings. The number of hydrogen-bond donors (Lipinski definition) is 1. The monoisotopic (exact) mass is 165 g/mol. The molecule has 3 heteroatoms. The minimum atomic E-state index is 0.884. The van der Waals surface area contributed by atoms with Gasteiger partial charge in [0.1, 0.15) is 5.69 Å². The molecule has 0 aliphatic heterocycles. The van der Waals surface area contributed by atoms with E-state index in [1.54, 1.807) is 4.68 Å². The van der Waals surface area contributed by atoms with Crippen LogP contribution in [-0.4, -0.2) is 16.3 Å². The van der Waals surface area contributed by atoms with Crippen molar-refractivity contribution in [2.24, 2.45) is 7.05 Å². The molecule has 0 saturated heterocycles. The molecule has 0 saturated carbocycles. The lowest BCUT2D eigenvalue weighted by atomic mass is 10.2. The normalized spacial score (nSPS) is 9.92. The Morgan fingerprint density at radius 2 is 2.42 bits per heavy atom. The first kappa shape index (κ1) is 8.84. The molecular formula is C9H15N3. The topological polar surface area (TPSA) is 29.9 Å². The molecule has 1 heterocycles. The highest BCUT2D eigenvalue weighted by atomic mass is 15.3. The highest BCUT2D eigenvalue weighted by molar-refractivity contribution is 5.60. The van der Waals surface area contributed by atoms with Crippen molar-refractivity contribution in [3.63, 3.8) is 0 Å². The maximum absolute atomic E-state index is 4.28. The van der Waals surface area contributed by atoms with Crippen LogP contribution in [0.1, 0.15) is 18.2 Å². The SMILES string of the molecule is C=C(NCC)c1nn(C)cc1C. The first-order valence-electron chi connectivity index (χ1n) is 4.08. The summed E-state index contributed by atoms with van der Waals surface area (Å²) in [5.74, 6) is 0. The quantitative estimate of drug-likeness (QED) is 0.731. The fraction of sp³-hybridized carbons (Fsp3) is 0.444. The molecule has 1 N–H and O–H groups in total. The van der Waals surface area contributed by atoms with Gasteiger partial charge in [-0.2, -0.15) is 5.10 Å². The Balaban J connectivity index is 2.87. The summed E-state index contributed by atoms with van der Waals surface area (Å²) in [6.07, 6.45) is 1.98. The summed E-state index contributed by atoms with van der Waals surface area (Å²) >= 11 is 0. The van der Waals surface area contributed by atoms with Gasteiger partial charge in [0.15, 0.2) is 0 Å². The van der Waals surface area contributed by atoms with Crippen LogP contribution in [0.5, 0.6) is 0 Å². The molecule has 3 nitrogen and oxygen atoms in total. The third-order valence-electron chi connectivity index (χ3n) is 1.69. The van der Waals surface area contributed by atoms with E-state index in [4.69, 9.17) is 0 Å². The zero-order valence-corrected chi connectivity index (χ0v) is 7.89. The van der Waals surface area contributed by atoms with Crippen molar-refractivity contribution in [2.45, 2.75) is 13.8 Å². The second-order valence-electron chi connectivity index (χ2n) is 2.84. The lowest BCUT2D eigenvalue weighted by Gasteiger charge is -2.03. The van der Waals surface area contributed by atoms with Crippen LogP contribution in [0.25, 0.3) is 5.70 Å². The minimum Gasteiger partial charge on any atom is -0.384 e. The molecule has 66 valence electrons. The molecule has 0 bridgehead atoms. The molecule has 0 unspecified atom stereocenters. The van der Waals surface area contributed by atoms with Crippen LogP contribution in [0.3, 0.4) is 0 Å². The summed E-state index contributed by atoms with van der Waals surface area (Å²) in [7, 11) is 1.91. The Morgan fingerprint density at radius 3 is 2.83 bits per heavy atom. The molecule has 0 aromatic carbocycles. The van der Waals surface area contributed by atoms with Gasteiger partial charge in [0.25, 0.3) is 0 Å². The number of hydrogen-bond acceptors (Lipinski definition) is 2. The largest absolute Gasteiger partial charge is 0.384 e. The smallest absolute Gasteiger partial charge is 0.110 e. The van der Waals surface area contributed by atoms with Crippen LogP contribution in [-0.2, 0) is 7.05 Å². The van der Waals surface area contributed by atoms with Crippen LogP contribution in [0.2, 0.25) is 0 Å². The van der Waals surface area contributed by atoms with Gasteiger partial charge in [-0.3, -0.25) is 4.68 Å². The van der Waals surface area contributed by atoms with Crippen LogP contribution in [0, 0.1) is 6.92 Å². The molecule has 12 heavy (non-hydrogen) atoms. The first-order valence-corrected chi connectivity index (χ1v) is 4.08. The van der Waals surface area contributed by atoms with Crippen LogP contribution in [0.15, 0.2) is 12.8 Å². The summed E-state index contributed by atoms with van der Waals surface area (Å²) in [5.41, 5.74) is 3.01. The Kier molecular flexibility index (Phi) is 2.53. The number of aryl methyl sites for hydroxylation is 2. The summed E-state index contributed by atoms with van der Waals surface area (Å²) in [6.45, 7) is 8.86. The van der Waals surface area contributed by atoms with E-state index < -0.39 is 0 Å². The predicted octanol–water partition coefficient (Wildman–Crippen LogP) is 1.31. The fourth-order valence-electron chi connectivity index (χ4n) is 1.20. The Labute approximate surface area is 73.1 Å². The second kappa shape index (κ2) is 3.43. The second-order valence-corrected chi connectivity index (χ2v) is 2.84. The van der Waals surface area contributed by atoms with E-state index in [9.17, 15) is 0 Å². The molecule has 0 amide bonds. The lowest BCUT2D eigenvalue weighted by Crippen LogP contribution is -2.11. The van der Waals surface area contributed by atoms with E-state index in [1.807, 2.05) is 27.1 Å². The maximum Gasteiger partial charge on any atom is 0.110 e. The molecule has 0 radical (unpaired) electrons. The molecule has 0 fully saturated rings. The number of nitrogens with zero attached hydrogens (tertiary/aromatic N) is 2. The van der Waals surface area contributed by atoms with E-state index >= 15 is 0 Å². The maximum atomic E-state index is 4.28. The molecule has 0 aliphatic rings. The summed E-state index contributed by atoms with van der Waals surface area (Å²) in [4.78, 5) is 0. The highest BCUT2D eigenvalue weighted by Gasteiger charge is 2.05. The Bertz CT molecular complexity index is 286. The zero-order chi connectivity index (χ0) is 9.14. The van der Waals surface area contributed by atoms with Crippen LogP contribution in [0.4, 0.5) is 0 Å². The van der Waals surface area contributed by atoms with Gasteiger partial charge in [-0.25, -0.2) is 0 Å². The fourth-order valence-corrected chi connectivity index (χ4v) is 1.20.